The molecule has 0 atom stereocenters. The number of carbonyl (C=O) groups is 1. The average Bonchev–Trinajstić information content (AvgIpc) is 2.58. The van der Waals surface area contributed by atoms with E-state index in [9.17, 15) is 9.90 Å². The molecule has 0 unspecified atom stereocenters. The summed E-state index contributed by atoms with van der Waals surface area (Å²) in [5.41, 5.74) is 0.994. The molecule has 1 saturated heterocycles. The molecule has 0 aromatic heterocycles. The van der Waals surface area contributed by atoms with Gasteiger partial charge in [0.1, 0.15) is 12.1 Å². The maximum atomic E-state index is 12.4. The van der Waals surface area contributed by atoms with Gasteiger partial charge in [-0.2, -0.15) is 0 Å². The molecule has 128 valence electrons. The number of benzene rings is 2. The first kappa shape index (κ1) is 19.3. The van der Waals surface area contributed by atoms with Gasteiger partial charge in [0, 0.05) is 22.9 Å². The van der Waals surface area contributed by atoms with E-state index in [-0.39, 0.29) is 22.8 Å². The predicted molar refractivity (Wildman–Crippen MR) is 93.6 cm³/mol. The molecule has 1 fully saturated rings. The number of likely N-dealkylation sites (tertiary alicyclic amines) is 1. The summed E-state index contributed by atoms with van der Waals surface area (Å²) >= 11 is 3.38. The number of hydrogen-bond donors (Lipinski definition) is 2. The summed E-state index contributed by atoms with van der Waals surface area (Å²) in [5.74, 6) is 0.164. The lowest BCUT2D eigenvalue weighted by atomic mass is 9.84. The maximum Gasteiger partial charge on any atom is 0.216 e. The number of nitrogens with one attached hydrogen (secondary N) is 1. The summed E-state index contributed by atoms with van der Waals surface area (Å²) in [6, 6.07) is 17.4. The Labute approximate surface area is 161 Å². The largest absolute Gasteiger partial charge is 1.00 e. The van der Waals surface area contributed by atoms with Crippen LogP contribution < -0.4 is 21.9 Å². The third kappa shape index (κ3) is 4.54. The molecule has 2 aromatic carbocycles. The van der Waals surface area contributed by atoms with Crippen molar-refractivity contribution in [2.75, 3.05) is 19.6 Å². The summed E-state index contributed by atoms with van der Waals surface area (Å²) in [7, 11) is 0. The van der Waals surface area contributed by atoms with Gasteiger partial charge in [-0.3, -0.25) is 4.79 Å². The first-order chi connectivity index (χ1) is 11.1. The van der Waals surface area contributed by atoms with Crippen molar-refractivity contribution in [3.05, 3.63) is 70.2 Å². The molecule has 0 bridgehead atoms. The zero-order chi connectivity index (χ0) is 16.3. The Morgan fingerprint density at radius 2 is 1.62 bits per heavy atom. The third-order valence-electron chi connectivity index (χ3n) is 4.67. The Kier molecular flexibility index (Phi) is 6.75. The molecule has 0 spiro atoms. The molecule has 5 heteroatoms. The van der Waals surface area contributed by atoms with Gasteiger partial charge < -0.3 is 27.0 Å². The lowest BCUT2D eigenvalue weighted by molar-refractivity contribution is -0.899. The molecule has 0 aliphatic carbocycles. The van der Waals surface area contributed by atoms with Crippen molar-refractivity contribution < 1.29 is 31.8 Å². The number of rotatable bonds is 4. The number of piperidine rings is 1. The minimum Gasteiger partial charge on any atom is -1.00 e. The van der Waals surface area contributed by atoms with Gasteiger partial charge in [0.05, 0.1) is 13.1 Å². The van der Waals surface area contributed by atoms with Crippen LogP contribution in [-0.4, -0.2) is 30.5 Å². The van der Waals surface area contributed by atoms with Crippen LogP contribution in [0.3, 0.4) is 0 Å². The number of carbonyl (C=O) groups excluding carboxylic acids is 1. The molecule has 1 aliphatic heterocycles. The number of aliphatic hydroxyl groups is 1. The standard InChI is InChI=1S/C19H20BrNO2.BrH/c20-17-8-6-15(7-9-17)18(22)14-21-12-10-19(23,11-13-21)16-4-2-1-3-5-16;/h1-9,23H,10-14H2;1H. The normalized spacial score (nSPS) is 23.3. The second kappa shape index (κ2) is 8.39. The van der Waals surface area contributed by atoms with E-state index in [1.54, 1.807) is 0 Å². The molecule has 0 radical (unpaired) electrons. The Bertz CT molecular complexity index is 666. The highest BCUT2D eigenvalue weighted by atomic mass is 79.9. The first-order valence-electron chi connectivity index (χ1n) is 7.97. The first-order valence-corrected chi connectivity index (χ1v) is 8.76. The van der Waals surface area contributed by atoms with Crippen LogP contribution in [0.15, 0.2) is 59.1 Å². The fourth-order valence-electron chi connectivity index (χ4n) is 3.20. The van der Waals surface area contributed by atoms with Crippen molar-refractivity contribution in [2.24, 2.45) is 0 Å². The van der Waals surface area contributed by atoms with Gasteiger partial charge in [0.15, 0.2) is 0 Å². The van der Waals surface area contributed by atoms with E-state index >= 15 is 0 Å². The molecule has 2 N–H and O–H groups in total. The second-order valence-electron chi connectivity index (χ2n) is 6.25. The number of hydrogen-bond acceptors (Lipinski definition) is 2. The van der Waals surface area contributed by atoms with Crippen LogP contribution in [0.5, 0.6) is 0 Å². The molecular weight excluding hydrogens is 434 g/mol. The van der Waals surface area contributed by atoms with Gasteiger partial charge in [-0.25, -0.2) is 0 Å². The van der Waals surface area contributed by atoms with Crippen molar-refractivity contribution in [3.63, 3.8) is 0 Å². The molecule has 1 aliphatic rings. The quantitative estimate of drug-likeness (QED) is 0.594. The Morgan fingerprint density at radius 3 is 2.21 bits per heavy atom. The van der Waals surface area contributed by atoms with E-state index in [1.165, 1.54) is 4.90 Å². The molecule has 3 rings (SSSR count). The molecule has 24 heavy (non-hydrogen) atoms. The Hall–Kier alpha value is -1.01. The molecule has 0 amide bonds. The van der Waals surface area contributed by atoms with E-state index in [0.29, 0.717) is 19.4 Å². The third-order valence-corrected chi connectivity index (χ3v) is 5.20. The van der Waals surface area contributed by atoms with Crippen molar-refractivity contribution in [3.8, 4) is 0 Å². The highest BCUT2D eigenvalue weighted by Crippen LogP contribution is 2.28. The molecule has 0 saturated carbocycles. The molecule has 3 nitrogen and oxygen atoms in total. The molecular formula is C19H21Br2NO2. The van der Waals surface area contributed by atoms with Gasteiger partial charge in [-0.05, 0) is 17.7 Å². The van der Waals surface area contributed by atoms with Crippen LogP contribution in [0.1, 0.15) is 28.8 Å². The van der Waals surface area contributed by atoms with Crippen molar-refractivity contribution >= 4 is 21.7 Å². The van der Waals surface area contributed by atoms with Gasteiger partial charge >= 0.3 is 0 Å². The zero-order valence-electron chi connectivity index (χ0n) is 13.3. The van der Waals surface area contributed by atoms with Crippen LogP contribution in [0.25, 0.3) is 0 Å². The van der Waals surface area contributed by atoms with Crippen molar-refractivity contribution in [1.29, 1.82) is 0 Å². The van der Waals surface area contributed by atoms with Gasteiger partial charge in [0.25, 0.3) is 0 Å². The maximum absolute atomic E-state index is 12.4. The van der Waals surface area contributed by atoms with Crippen LogP contribution in [0.2, 0.25) is 0 Å². The summed E-state index contributed by atoms with van der Waals surface area (Å²) in [6.45, 7) is 2.12. The molecule has 2 aromatic rings. The average molecular weight is 455 g/mol. The SMILES string of the molecule is O=C(C[NH+]1CCC(O)(c2ccccc2)CC1)c1ccc(Br)cc1.[Br-]. The van der Waals surface area contributed by atoms with E-state index < -0.39 is 5.60 Å². The topological polar surface area (TPSA) is 41.7 Å². The smallest absolute Gasteiger partial charge is 0.216 e. The van der Waals surface area contributed by atoms with E-state index in [0.717, 1.165) is 28.7 Å². The van der Waals surface area contributed by atoms with Crippen molar-refractivity contribution in [2.45, 2.75) is 18.4 Å². The lowest BCUT2D eigenvalue weighted by Gasteiger charge is -2.36. The summed E-state index contributed by atoms with van der Waals surface area (Å²) in [6.07, 6.45) is 1.39. The zero-order valence-corrected chi connectivity index (χ0v) is 16.5. The van der Waals surface area contributed by atoms with E-state index in [1.807, 2.05) is 54.6 Å². The highest BCUT2D eigenvalue weighted by molar-refractivity contribution is 9.10. The van der Waals surface area contributed by atoms with Gasteiger partial charge in [0.2, 0.25) is 5.78 Å². The minimum absolute atomic E-state index is 0. The fourth-order valence-corrected chi connectivity index (χ4v) is 3.46. The minimum atomic E-state index is -0.745. The van der Waals surface area contributed by atoms with E-state index in [2.05, 4.69) is 15.9 Å². The second-order valence-corrected chi connectivity index (χ2v) is 7.17. The highest BCUT2D eigenvalue weighted by Gasteiger charge is 2.36. The monoisotopic (exact) mass is 453 g/mol. The van der Waals surface area contributed by atoms with Crippen LogP contribution >= 0.6 is 15.9 Å². The summed E-state index contributed by atoms with van der Waals surface area (Å²) in [5, 5.41) is 10.8. The number of Topliss-reactive ketones (excluding diaryl/α,β-unsaturated/α-hetero) is 1. The fraction of sp³-hybridized carbons (Fsp3) is 0.316. The van der Waals surface area contributed by atoms with Crippen LogP contribution in [-0.2, 0) is 5.60 Å². The van der Waals surface area contributed by atoms with E-state index in [4.69, 9.17) is 0 Å². The van der Waals surface area contributed by atoms with Crippen LogP contribution in [0, 0.1) is 0 Å². The van der Waals surface area contributed by atoms with Crippen LogP contribution in [0.4, 0.5) is 0 Å². The van der Waals surface area contributed by atoms with Gasteiger partial charge in [-0.15, -0.1) is 0 Å². The summed E-state index contributed by atoms with van der Waals surface area (Å²) in [4.78, 5) is 13.6. The lowest BCUT2D eigenvalue weighted by Crippen LogP contribution is -3.14. The Morgan fingerprint density at radius 1 is 1.04 bits per heavy atom. The number of ketones is 1. The summed E-state index contributed by atoms with van der Waals surface area (Å²) < 4.78 is 0.979. The predicted octanol–water partition coefficient (Wildman–Crippen LogP) is -0.798. The number of quaternary nitrogens is 1. The Balaban J connectivity index is 0.00000208. The molecule has 1 heterocycles. The number of halogens is 2. The van der Waals surface area contributed by atoms with Gasteiger partial charge in [-0.1, -0.05) is 58.4 Å². The van der Waals surface area contributed by atoms with Crippen molar-refractivity contribution in [1.82, 2.24) is 0 Å².